The number of carboxylic acid groups (broad SMARTS) is 1. The average molecular weight is 667 g/mol. The molecule has 2 saturated heterocycles. The summed E-state index contributed by atoms with van der Waals surface area (Å²) in [4.78, 5) is 42.4. The van der Waals surface area contributed by atoms with Crippen LogP contribution < -0.4 is 0 Å². The van der Waals surface area contributed by atoms with Crippen molar-refractivity contribution >= 4 is 17.8 Å². The summed E-state index contributed by atoms with van der Waals surface area (Å²) in [7, 11) is 0. The van der Waals surface area contributed by atoms with Crippen molar-refractivity contribution in [3.63, 3.8) is 0 Å². The molecule has 1 N–H and O–H groups in total. The smallest absolute Gasteiger partial charge is 0.336 e. The van der Waals surface area contributed by atoms with Crippen molar-refractivity contribution in [2.45, 2.75) is 64.5 Å². The highest BCUT2D eigenvalue weighted by atomic mass is 19.3. The van der Waals surface area contributed by atoms with Crippen LogP contribution in [-0.4, -0.2) is 81.2 Å². The molecule has 2 aliphatic heterocycles. The Balaban J connectivity index is 1.15. The summed E-state index contributed by atoms with van der Waals surface area (Å²) in [5, 5.41) is 14.5. The van der Waals surface area contributed by atoms with Gasteiger partial charge in [-0.05, 0) is 47.6 Å². The van der Waals surface area contributed by atoms with Crippen LogP contribution in [0.3, 0.4) is 0 Å². The van der Waals surface area contributed by atoms with Crippen molar-refractivity contribution in [1.82, 2.24) is 19.6 Å². The second-order valence-corrected chi connectivity index (χ2v) is 14.0. The molecular weight excluding hydrogens is 625 g/mol. The molecule has 6 rings (SSSR count). The maximum Gasteiger partial charge on any atom is 0.336 e. The summed E-state index contributed by atoms with van der Waals surface area (Å²) in [5.74, 6) is -4.81. The summed E-state index contributed by atoms with van der Waals surface area (Å²) in [6.07, 6.45) is 3.12. The lowest BCUT2D eigenvalue weighted by molar-refractivity contribution is -0.150. The molecule has 0 bridgehead atoms. The van der Waals surface area contributed by atoms with E-state index in [0.717, 1.165) is 5.56 Å². The summed E-state index contributed by atoms with van der Waals surface area (Å²) in [6.45, 7) is 6.18. The molecule has 3 aliphatic rings. The highest BCUT2D eigenvalue weighted by Crippen LogP contribution is 2.46. The van der Waals surface area contributed by atoms with Crippen molar-refractivity contribution in [1.29, 1.82) is 0 Å². The van der Waals surface area contributed by atoms with E-state index >= 15 is 0 Å². The Morgan fingerprint density at radius 3 is 2.38 bits per heavy atom. The molecule has 0 radical (unpaired) electrons. The van der Waals surface area contributed by atoms with Gasteiger partial charge in [0.2, 0.25) is 11.8 Å². The quantitative estimate of drug-likeness (QED) is 0.292. The van der Waals surface area contributed by atoms with E-state index in [9.17, 15) is 32.7 Å². The van der Waals surface area contributed by atoms with Gasteiger partial charge in [-0.25, -0.2) is 18.0 Å². The number of alkyl halides is 2. The SMILES string of the molecule is CC(C)C(=O)N1CC2(CN(C(=O)c3cnn(Cc4ccc(F)cc4)c3)C[C@H]2COCc2cccc(C3CCC(F)(F)CC3)c2C(=O)O)C1. The van der Waals surface area contributed by atoms with Gasteiger partial charge in [0.15, 0.2) is 0 Å². The van der Waals surface area contributed by atoms with Crippen LogP contribution in [0.25, 0.3) is 0 Å². The standard InChI is InChI=1S/C36H41F3N4O5/c1-23(2)32(44)42-21-35(22-42)20-41(33(45)27-14-40-43(16-27)15-24-6-8-29(37)9-7-24)17-28(35)19-48-18-26-4-3-5-30(31(26)34(46)47)25-10-12-36(38,39)13-11-25/h3-9,14,16,23,25,28H,10-13,15,17-22H2,1-2H3,(H,46,47)/t28-/m0/s1. The van der Waals surface area contributed by atoms with E-state index < -0.39 is 11.9 Å². The summed E-state index contributed by atoms with van der Waals surface area (Å²) in [6, 6.07) is 11.3. The number of ether oxygens (including phenoxy) is 1. The van der Waals surface area contributed by atoms with Crippen molar-refractivity contribution in [3.8, 4) is 0 Å². The Morgan fingerprint density at radius 1 is 1.02 bits per heavy atom. The Hall–Kier alpha value is -4.19. The highest BCUT2D eigenvalue weighted by molar-refractivity contribution is 5.94. The molecule has 3 heterocycles. The summed E-state index contributed by atoms with van der Waals surface area (Å²) in [5.41, 5.74) is 2.06. The lowest BCUT2D eigenvalue weighted by Gasteiger charge is -2.51. The molecule has 1 aliphatic carbocycles. The number of carbonyl (C=O) groups excluding carboxylic acids is 2. The van der Waals surface area contributed by atoms with E-state index in [4.69, 9.17) is 4.74 Å². The van der Waals surface area contributed by atoms with Crippen molar-refractivity contribution < 1.29 is 37.4 Å². The van der Waals surface area contributed by atoms with Crippen LogP contribution in [0.5, 0.6) is 0 Å². The van der Waals surface area contributed by atoms with Crippen LogP contribution in [0.1, 0.15) is 82.9 Å². The second kappa shape index (κ2) is 13.4. The lowest BCUT2D eigenvalue weighted by Crippen LogP contribution is -2.63. The Bertz CT molecular complexity index is 1660. The first-order valence-corrected chi connectivity index (χ1v) is 16.5. The topological polar surface area (TPSA) is 105 Å². The fourth-order valence-corrected chi connectivity index (χ4v) is 7.53. The number of nitrogens with zero attached hydrogens (tertiary/aromatic N) is 4. The molecule has 3 aromatic rings. The zero-order valence-corrected chi connectivity index (χ0v) is 27.2. The van der Waals surface area contributed by atoms with Crippen molar-refractivity contribution in [2.24, 2.45) is 17.3 Å². The van der Waals surface area contributed by atoms with Gasteiger partial charge in [-0.15, -0.1) is 0 Å². The van der Waals surface area contributed by atoms with Crippen molar-refractivity contribution in [2.75, 3.05) is 32.8 Å². The maximum absolute atomic E-state index is 13.8. The van der Waals surface area contributed by atoms with Gasteiger partial charge in [-0.3, -0.25) is 14.3 Å². The predicted octanol–water partition coefficient (Wildman–Crippen LogP) is 5.84. The number of rotatable bonds is 10. The Labute approximate surface area is 277 Å². The third-order valence-corrected chi connectivity index (χ3v) is 10.2. The van der Waals surface area contributed by atoms with Crippen LogP contribution in [0.15, 0.2) is 54.9 Å². The van der Waals surface area contributed by atoms with Gasteiger partial charge in [0.1, 0.15) is 5.82 Å². The van der Waals surface area contributed by atoms with Crippen LogP contribution in [0, 0.1) is 23.1 Å². The molecule has 0 unspecified atom stereocenters. The van der Waals surface area contributed by atoms with Crippen molar-refractivity contribution in [3.05, 3.63) is 88.5 Å². The molecule has 2 amide bonds. The van der Waals surface area contributed by atoms with E-state index in [0.29, 0.717) is 49.4 Å². The average Bonchev–Trinajstić information content (AvgIpc) is 3.66. The molecule has 1 aromatic heterocycles. The monoisotopic (exact) mass is 666 g/mol. The summed E-state index contributed by atoms with van der Waals surface area (Å²) < 4.78 is 48.8. The number of halogens is 3. The maximum atomic E-state index is 13.8. The highest BCUT2D eigenvalue weighted by Gasteiger charge is 2.56. The van der Waals surface area contributed by atoms with Gasteiger partial charge in [0, 0.05) is 62.5 Å². The predicted molar refractivity (Wildman–Crippen MR) is 170 cm³/mol. The third kappa shape index (κ3) is 6.99. The number of benzene rings is 2. The minimum absolute atomic E-state index is 0.0175. The zero-order valence-electron chi connectivity index (χ0n) is 27.2. The molecule has 3 fully saturated rings. The number of carbonyl (C=O) groups is 3. The second-order valence-electron chi connectivity index (χ2n) is 14.0. The van der Waals surface area contributed by atoms with Crippen LogP contribution >= 0.6 is 0 Å². The van der Waals surface area contributed by atoms with Crippen LogP contribution in [-0.2, 0) is 22.7 Å². The number of hydrogen-bond acceptors (Lipinski definition) is 5. The minimum Gasteiger partial charge on any atom is -0.478 e. The first kappa shape index (κ1) is 33.7. The summed E-state index contributed by atoms with van der Waals surface area (Å²) >= 11 is 0. The number of amides is 2. The number of aromatic carboxylic acids is 1. The fourth-order valence-electron chi connectivity index (χ4n) is 7.53. The Kier molecular flexibility index (Phi) is 9.39. The van der Waals surface area contributed by atoms with E-state index in [1.165, 1.54) is 18.3 Å². The zero-order chi connectivity index (χ0) is 34.2. The number of aromatic nitrogens is 2. The molecule has 9 nitrogen and oxygen atoms in total. The van der Waals surface area contributed by atoms with Gasteiger partial charge in [-0.2, -0.15) is 5.10 Å². The number of hydrogen-bond donors (Lipinski definition) is 1. The number of likely N-dealkylation sites (tertiary alicyclic amines) is 2. The van der Waals surface area contributed by atoms with Crippen LogP contribution in [0.2, 0.25) is 0 Å². The van der Waals surface area contributed by atoms with E-state index in [-0.39, 0.29) is 85.3 Å². The van der Waals surface area contributed by atoms with Gasteiger partial charge in [0.05, 0.1) is 37.1 Å². The molecule has 1 spiro atoms. The molecule has 256 valence electrons. The molecule has 2 aromatic carbocycles. The van der Waals surface area contributed by atoms with Gasteiger partial charge < -0.3 is 19.6 Å². The number of carboxylic acids is 1. The van der Waals surface area contributed by atoms with Crippen LogP contribution in [0.4, 0.5) is 13.2 Å². The minimum atomic E-state index is -2.71. The third-order valence-electron chi connectivity index (χ3n) is 10.2. The largest absolute Gasteiger partial charge is 0.478 e. The molecule has 12 heteroatoms. The normalized spacial score (nSPS) is 20.3. The first-order valence-electron chi connectivity index (χ1n) is 16.5. The Morgan fingerprint density at radius 2 is 1.71 bits per heavy atom. The molecular formula is C36H41F3N4O5. The lowest BCUT2D eigenvalue weighted by atomic mass is 9.71. The van der Waals surface area contributed by atoms with Gasteiger partial charge in [-0.1, -0.05) is 44.2 Å². The van der Waals surface area contributed by atoms with E-state index in [1.54, 1.807) is 46.1 Å². The van der Waals surface area contributed by atoms with E-state index in [1.807, 2.05) is 18.7 Å². The first-order chi connectivity index (χ1) is 22.8. The molecule has 48 heavy (non-hydrogen) atoms. The van der Waals surface area contributed by atoms with E-state index in [2.05, 4.69) is 5.10 Å². The fraction of sp³-hybridized carbons (Fsp3) is 0.500. The van der Waals surface area contributed by atoms with Gasteiger partial charge in [0.25, 0.3) is 5.91 Å². The van der Waals surface area contributed by atoms with Gasteiger partial charge >= 0.3 is 5.97 Å². The molecule has 1 saturated carbocycles. The molecule has 1 atom stereocenters.